The van der Waals surface area contributed by atoms with Crippen molar-refractivity contribution in [1.29, 1.82) is 0 Å². The number of nitrogens with one attached hydrogen (secondary N) is 2. The van der Waals surface area contributed by atoms with E-state index in [-0.39, 0.29) is 0 Å². The first-order chi connectivity index (χ1) is 10.1. The summed E-state index contributed by atoms with van der Waals surface area (Å²) in [7, 11) is 0. The number of halogens is 2. The van der Waals surface area contributed by atoms with Gasteiger partial charge in [0.25, 0.3) is 0 Å². The second-order valence-electron chi connectivity index (χ2n) is 4.97. The maximum absolute atomic E-state index is 5.98. The third kappa shape index (κ3) is 4.55. The van der Waals surface area contributed by atoms with E-state index >= 15 is 0 Å². The molecule has 0 aromatic heterocycles. The Kier molecular flexibility index (Phi) is 5.77. The molecule has 2 nitrogen and oxygen atoms in total. The summed E-state index contributed by atoms with van der Waals surface area (Å²) in [5, 5.41) is 8.11. The van der Waals surface area contributed by atoms with E-state index in [4.69, 9.17) is 23.2 Å². The van der Waals surface area contributed by atoms with Gasteiger partial charge in [0.2, 0.25) is 0 Å². The predicted molar refractivity (Wildman–Crippen MR) is 94.0 cm³/mol. The summed E-state index contributed by atoms with van der Waals surface area (Å²) in [6.45, 7) is 5.94. The number of rotatable bonds is 6. The number of benzene rings is 2. The van der Waals surface area contributed by atoms with Gasteiger partial charge in [0.1, 0.15) is 0 Å². The molecule has 0 saturated carbocycles. The van der Waals surface area contributed by atoms with Crippen LogP contribution in [0.25, 0.3) is 0 Å². The highest BCUT2D eigenvalue weighted by Crippen LogP contribution is 2.23. The van der Waals surface area contributed by atoms with Crippen LogP contribution < -0.4 is 10.6 Å². The molecule has 4 heteroatoms. The van der Waals surface area contributed by atoms with Crippen LogP contribution in [-0.4, -0.2) is 13.1 Å². The highest BCUT2D eigenvalue weighted by Gasteiger charge is 2.03. The second kappa shape index (κ2) is 7.58. The molecule has 0 aliphatic rings. The van der Waals surface area contributed by atoms with Crippen molar-refractivity contribution in [3.63, 3.8) is 0 Å². The lowest BCUT2D eigenvalue weighted by Gasteiger charge is -2.15. The minimum absolute atomic E-state index is 0.644. The van der Waals surface area contributed by atoms with Crippen LogP contribution in [0.2, 0.25) is 10.0 Å². The molecule has 0 saturated heterocycles. The number of aryl methyl sites for hydroxylation is 2. The van der Waals surface area contributed by atoms with Crippen LogP contribution in [0.3, 0.4) is 0 Å². The molecule has 0 unspecified atom stereocenters. The summed E-state index contributed by atoms with van der Waals surface area (Å²) in [5.41, 5.74) is 4.81. The van der Waals surface area contributed by atoms with Crippen molar-refractivity contribution >= 4 is 34.6 Å². The molecule has 0 spiro atoms. The zero-order valence-corrected chi connectivity index (χ0v) is 13.9. The zero-order chi connectivity index (χ0) is 15.2. The number of hydrogen-bond donors (Lipinski definition) is 2. The standard InChI is InChI=1S/C17H20Cl2N2/c1-3-13-6-4-5-12(2)17(13)21-8-7-20-16-10-14(18)9-15(19)11-16/h4-6,9-11,20-21H,3,7-8H2,1-2H3. The highest BCUT2D eigenvalue weighted by atomic mass is 35.5. The Labute approximate surface area is 136 Å². The maximum Gasteiger partial charge on any atom is 0.0441 e. The van der Waals surface area contributed by atoms with Crippen LogP contribution in [0, 0.1) is 6.92 Å². The van der Waals surface area contributed by atoms with Gasteiger partial charge in [-0.2, -0.15) is 0 Å². The third-order valence-corrected chi connectivity index (χ3v) is 3.79. The molecule has 0 aliphatic heterocycles. The van der Waals surface area contributed by atoms with Gasteiger partial charge in [-0.3, -0.25) is 0 Å². The van der Waals surface area contributed by atoms with Gasteiger partial charge in [0, 0.05) is 34.5 Å². The molecular weight excluding hydrogens is 303 g/mol. The molecule has 2 N–H and O–H groups in total. The average Bonchev–Trinajstić information content (AvgIpc) is 2.43. The van der Waals surface area contributed by atoms with Crippen LogP contribution in [0.4, 0.5) is 11.4 Å². The summed E-state index contributed by atoms with van der Waals surface area (Å²) in [6, 6.07) is 11.9. The number of hydrogen-bond acceptors (Lipinski definition) is 2. The third-order valence-electron chi connectivity index (χ3n) is 3.36. The molecule has 0 fully saturated rings. The summed E-state index contributed by atoms with van der Waals surface area (Å²) in [5.74, 6) is 0. The molecule has 112 valence electrons. The van der Waals surface area contributed by atoms with Crippen LogP contribution in [0.5, 0.6) is 0 Å². The molecule has 0 aliphatic carbocycles. The summed E-state index contributed by atoms with van der Waals surface area (Å²) in [6.07, 6.45) is 1.03. The van der Waals surface area contributed by atoms with Gasteiger partial charge in [-0.1, -0.05) is 48.3 Å². The largest absolute Gasteiger partial charge is 0.383 e. The predicted octanol–water partition coefficient (Wildman–Crippen LogP) is 5.39. The highest BCUT2D eigenvalue weighted by molar-refractivity contribution is 6.35. The molecule has 0 amide bonds. The Balaban J connectivity index is 1.90. The van der Waals surface area contributed by atoms with Gasteiger partial charge in [-0.25, -0.2) is 0 Å². The molecule has 21 heavy (non-hydrogen) atoms. The van der Waals surface area contributed by atoms with Crippen molar-refractivity contribution in [2.75, 3.05) is 23.7 Å². The Morgan fingerprint density at radius 1 is 0.952 bits per heavy atom. The lowest BCUT2D eigenvalue weighted by Crippen LogP contribution is -2.15. The van der Waals surface area contributed by atoms with Crippen LogP contribution >= 0.6 is 23.2 Å². The van der Waals surface area contributed by atoms with E-state index in [9.17, 15) is 0 Å². The lowest BCUT2D eigenvalue weighted by atomic mass is 10.1. The van der Waals surface area contributed by atoms with Gasteiger partial charge < -0.3 is 10.6 Å². The second-order valence-corrected chi connectivity index (χ2v) is 5.85. The topological polar surface area (TPSA) is 24.1 Å². The van der Waals surface area contributed by atoms with Crippen LogP contribution in [-0.2, 0) is 6.42 Å². The summed E-state index contributed by atoms with van der Waals surface area (Å²) in [4.78, 5) is 0. The average molecular weight is 323 g/mol. The van der Waals surface area contributed by atoms with Crippen molar-refractivity contribution in [3.05, 3.63) is 57.6 Å². The fourth-order valence-electron chi connectivity index (χ4n) is 2.33. The minimum atomic E-state index is 0.644. The van der Waals surface area contributed by atoms with Gasteiger partial charge >= 0.3 is 0 Å². The Morgan fingerprint density at radius 3 is 2.29 bits per heavy atom. The first kappa shape index (κ1) is 16.0. The van der Waals surface area contributed by atoms with Crippen molar-refractivity contribution in [3.8, 4) is 0 Å². The van der Waals surface area contributed by atoms with E-state index in [0.29, 0.717) is 10.0 Å². The van der Waals surface area contributed by atoms with Crippen molar-refractivity contribution in [2.45, 2.75) is 20.3 Å². The van der Waals surface area contributed by atoms with Gasteiger partial charge in [-0.15, -0.1) is 0 Å². The molecule has 2 rings (SSSR count). The normalized spacial score (nSPS) is 10.5. The Morgan fingerprint density at radius 2 is 1.62 bits per heavy atom. The first-order valence-corrected chi connectivity index (χ1v) is 7.88. The monoisotopic (exact) mass is 322 g/mol. The number of anilines is 2. The quantitative estimate of drug-likeness (QED) is 0.697. The van der Waals surface area contributed by atoms with Gasteiger partial charge in [0.15, 0.2) is 0 Å². The Bertz CT molecular complexity index is 591. The van der Waals surface area contributed by atoms with Crippen molar-refractivity contribution in [2.24, 2.45) is 0 Å². The van der Waals surface area contributed by atoms with E-state index in [1.165, 1.54) is 16.8 Å². The SMILES string of the molecule is CCc1cccc(C)c1NCCNc1cc(Cl)cc(Cl)c1. The van der Waals surface area contributed by atoms with E-state index < -0.39 is 0 Å². The van der Waals surface area contributed by atoms with Crippen molar-refractivity contribution < 1.29 is 0 Å². The van der Waals surface area contributed by atoms with Gasteiger partial charge in [-0.05, 0) is 42.7 Å². The number of para-hydroxylation sites is 1. The minimum Gasteiger partial charge on any atom is -0.383 e. The van der Waals surface area contributed by atoms with Gasteiger partial charge in [0.05, 0.1) is 0 Å². The van der Waals surface area contributed by atoms with Crippen LogP contribution in [0.15, 0.2) is 36.4 Å². The van der Waals surface area contributed by atoms with E-state index in [0.717, 1.165) is 25.2 Å². The van der Waals surface area contributed by atoms with Crippen molar-refractivity contribution in [1.82, 2.24) is 0 Å². The summed E-state index contributed by atoms with van der Waals surface area (Å²) < 4.78 is 0. The van der Waals surface area contributed by atoms with E-state index in [1.807, 2.05) is 12.1 Å². The Hall–Kier alpha value is -1.38. The molecule has 0 bridgehead atoms. The molecule has 0 heterocycles. The maximum atomic E-state index is 5.98. The molecule has 2 aromatic rings. The summed E-state index contributed by atoms with van der Waals surface area (Å²) >= 11 is 12.0. The van der Waals surface area contributed by atoms with E-state index in [1.54, 1.807) is 6.07 Å². The molecular formula is C17H20Cl2N2. The lowest BCUT2D eigenvalue weighted by molar-refractivity contribution is 1.05. The molecule has 0 atom stereocenters. The van der Waals surface area contributed by atoms with E-state index in [2.05, 4.69) is 42.7 Å². The smallest absolute Gasteiger partial charge is 0.0441 e. The zero-order valence-electron chi connectivity index (χ0n) is 12.3. The fraction of sp³-hybridized carbons (Fsp3) is 0.294. The fourth-order valence-corrected chi connectivity index (χ4v) is 2.85. The first-order valence-electron chi connectivity index (χ1n) is 7.12. The molecule has 2 aromatic carbocycles. The molecule has 0 radical (unpaired) electrons. The van der Waals surface area contributed by atoms with Crippen LogP contribution in [0.1, 0.15) is 18.1 Å².